The van der Waals surface area contributed by atoms with Gasteiger partial charge in [-0.15, -0.1) is 5.12 Å². The molecule has 2 aromatic carbocycles. The number of rotatable bonds is 5. The van der Waals surface area contributed by atoms with E-state index in [1.54, 1.807) is 0 Å². The zero-order valence-corrected chi connectivity index (χ0v) is 14.9. The molecule has 0 saturated heterocycles. The number of aliphatic hydroxyl groups is 1. The Hall–Kier alpha value is -3.03. The number of hydrazine groups is 2. The molecule has 0 atom stereocenters. The lowest BCUT2D eigenvalue weighted by molar-refractivity contribution is 0.262. The first-order chi connectivity index (χ1) is 12.6. The van der Waals surface area contributed by atoms with Gasteiger partial charge >= 0.3 is 6.03 Å². The molecule has 0 fully saturated rings. The Bertz CT molecular complexity index is 804. The van der Waals surface area contributed by atoms with Gasteiger partial charge in [0.1, 0.15) is 0 Å². The highest BCUT2D eigenvalue weighted by Gasteiger charge is 2.18. The first-order valence-corrected chi connectivity index (χ1v) is 8.41. The molecule has 0 radical (unpaired) electrons. The van der Waals surface area contributed by atoms with Crippen LogP contribution in [0.3, 0.4) is 0 Å². The molecule has 7 heteroatoms. The molecule has 2 aromatic rings. The van der Waals surface area contributed by atoms with Gasteiger partial charge in [0, 0.05) is 43.3 Å². The van der Waals surface area contributed by atoms with Crippen molar-refractivity contribution in [3.8, 4) is 0 Å². The molecule has 7 nitrogen and oxygen atoms in total. The molecule has 0 aromatic heterocycles. The molecule has 4 N–H and O–H groups in total. The molecule has 0 saturated carbocycles. The molecular formula is C19H23N5O2. The molecule has 0 aliphatic carbocycles. The minimum atomic E-state index is -0.280. The van der Waals surface area contributed by atoms with Crippen molar-refractivity contribution in [1.82, 2.24) is 10.5 Å². The fraction of sp³-hybridized carbons (Fsp3) is 0.211. The van der Waals surface area contributed by atoms with Crippen molar-refractivity contribution in [1.29, 1.82) is 0 Å². The minimum Gasteiger partial charge on any atom is -0.396 e. The van der Waals surface area contributed by atoms with E-state index in [4.69, 9.17) is 5.11 Å². The molecule has 1 aliphatic rings. The molecule has 26 heavy (non-hydrogen) atoms. The summed E-state index contributed by atoms with van der Waals surface area (Å²) in [5.41, 5.74) is 7.54. The summed E-state index contributed by atoms with van der Waals surface area (Å²) in [4.78, 5) is 12.2. The second-order valence-electron chi connectivity index (χ2n) is 6.05. The highest BCUT2D eigenvalue weighted by Crippen LogP contribution is 2.23. The summed E-state index contributed by atoms with van der Waals surface area (Å²) in [5.74, 6) is 0. The first kappa shape index (κ1) is 17.8. The molecule has 1 heterocycles. The fourth-order valence-corrected chi connectivity index (χ4v) is 2.71. The Balaban J connectivity index is 1.63. The number of carbonyl (C=O) groups excluding carboxylic acids is 1. The maximum Gasteiger partial charge on any atom is 0.323 e. The molecule has 2 amide bonds. The Morgan fingerprint density at radius 1 is 1.12 bits per heavy atom. The number of anilines is 3. The van der Waals surface area contributed by atoms with E-state index >= 15 is 0 Å². The third-order valence-corrected chi connectivity index (χ3v) is 4.07. The monoisotopic (exact) mass is 353 g/mol. The lowest BCUT2D eigenvalue weighted by atomic mass is 10.2. The van der Waals surface area contributed by atoms with Gasteiger partial charge in [-0.3, -0.25) is 5.01 Å². The molecule has 1 aliphatic heterocycles. The van der Waals surface area contributed by atoms with E-state index < -0.39 is 0 Å². The van der Waals surface area contributed by atoms with Gasteiger partial charge in [-0.1, -0.05) is 18.2 Å². The summed E-state index contributed by atoms with van der Waals surface area (Å²) in [6.45, 7) is 2.04. The van der Waals surface area contributed by atoms with Crippen LogP contribution in [0, 0.1) is 6.92 Å². The maximum atomic E-state index is 12.2. The van der Waals surface area contributed by atoms with Crippen LogP contribution in [0.15, 0.2) is 60.4 Å². The second kappa shape index (κ2) is 7.90. The highest BCUT2D eigenvalue weighted by atomic mass is 16.3. The maximum absolute atomic E-state index is 12.2. The number of nitrogens with one attached hydrogen (secondary N) is 3. The zero-order chi connectivity index (χ0) is 18.5. The predicted octanol–water partition coefficient (Wildman–Crippen LogP) is 3.03. The Morgan fingerprint density at radius 3 is 2.54 bits per heavy atom. The summed E-state index contributed by atoms with van der Waals surface area (Å²) in [6, 6.07) is 14.9. The summed E-state index contributed by atoms with van der Waals surface area (Å²) < 4.78 is 0. The van der Waals surface area contributed by atoms with Gasteiger partial charge in [0.05, 0.1) is 5.69 Å². The quantitative estimate of drug-likeness (QED) is 0.664. The smallest absolute Gasteiger partial charge is 0.323 e. The summed E-state index contributed by atoms with van der Waals surface area (Å²) >= 11 is 0. The van der Waals surface area contributed by atoms with Gasteiger partial charge < -0.3 is 21.2 Å². The van der Waals surface area contributed by atoms with Crippen LogP contribution >= 0.6 is 0 Å². The van der Waals surface area contributed by atoms with Gasteiger partial charge in [-0.2, -0.15) is 0 Å². The summed E-state index contributed by atoms with van der Waals surface area (Å²) in [5, 5.41) is 18.5. The number of amides is 2. The van der Waals surface area contributed by atoms with Crippen molar-refractivity contribution in [2.24, 2.45) is 0 Å². The average Bonchev–Trinajstić information content (AvgIpc) is 2.98. The fourth-order valence-electron chi connectivity index (χ4n) is 2.71. The van der Waals surface area contributed by atoms with E-state index in [1.165, 1.54) is 0 Å². The Kier molecular flexibility index (Phi) is 5.40. The van der Waals surface area contributed by atoms with Crippen molar-refractivity contribution in [3.63, 3.8) is 0 Å². The van der Waals surface area contributed by atoms with Gasteiger partial charge in [0.15, 0.2) is 0 Å². The third kappa shape index (κ3) is 4.14. The van der Waals surface area contributed by atoms with Crippen molar-refractivity contribution in [3.05, 3.63) is 66.0 Å². The number of aliphatic hydroxyl groups excluding tert-OH is 1. The van der Waals surface area contributed by atoms with E-state index in [9.17, 15) is 4.79 Å². The van der Waals surface area contributed by atoms with Gasteiger partial charge in [-0.05, 0) is 42.8 Å². The molecule has 0 bridgehead atoms. The van der Waals surface area contributed by atoms with Gasteiger partial charge in [-0.25, -0.2) is 4.79 Å². The highest BCUT2D eigenvalue weighted by molar-refractivity contribution is 6.00. The normalized spacial score (nSPS) is 14.0. The average molecular weight is 353 g/mol. The molecule has 3 rings (SSSR count). The van der Waals surface area contributed by atoms with Crippen molar-refractivity contribution in [2.75, 3.05) is 29.3 Å². The molecular weight excluding hydrogens is 330 g/mol. The van der Waals surface area contributed by atoms with E-state index in [1.807, 2.05) is 78.8 Å². The van der Waals surface area contributed by atoms with E-state index in [-0.39, 0.29) is 12.6 Å². The number of hydrogen-bond donors (Lipinski definition) is 4. The topological polar surface area (TPSA) is 79.9 Å². The predicted molar refractivity (Wildman–Crippen MR) is 103 cm³/mol. The number of benzene rings is 2. The van der Waals surface area contributed by atoms with E-state index in [2.05, 4.69) is 16.1 Å². The number of para-hydroxylation sites is 1. The number of aryl methyl sites for hydroxylation is 1. The van der Waals surface area contributed by atoms with Crippen LogP contribution in [0.5, 0.6) is 0 Å². The van der Waals surface area contributed by atoms with Crippen molar-refractivity contribution >= 4 is 23.1 Å². The van der Waals surface area contributed by atoms with Crippen LogP contribution in [0.25, 0.3) is 0 Å². The summed E-state index contributed by atoms with van der Waals surface area (Å²) in [6.07, 6.45) is 2.50. The van der Waals surface area contributed by atoms with Gasteiger partial charge in [0.25, 0.3) is 0 Å². The Labute approximate surface area is 152 Å². The SMILES string of the molecule is Cc1ccccc1NC(=O)Nc1ccc(N2C=C(CCO)NN2C)cc1. The largest absolute Gasteiger partial charge is 0.396 e. The second-order valence-corrected chi connectivity index (χ2v) is 6.05. The summed E-state index contributed by atoms with van der Waals surface area (Å²) in [7, 11) is 1.89. The number of nitrogens with zero attached hydrogens (tertiary/aromatic N) is 2. The van der Waals surface area contributed by atoms with Crippen LogP contribution in [0.1, 0.15) is 12.0 Å². The van der Waals surface area contributed by atoms with E-state index in [0.29, 0.717) is 12.1 Å². The van der Waals surface area contributed by atoms with E-state index in [0.717, 1.165) is 22.6 Å². The number of urea groups is 1. The van der Waals surface area contributed by atoms with Crippen molar-refractivity contribution in [2.45, 2.75) is 13.3 Å². The first-order valence-electron chi connectivity index (χ1n) is 8.41. The zero-order valence-electron chi connectivity index (χ0n) is 14.9. The lowest BCUT2D eigenvalue weighted by Crippen LogP contribution is -2.38. The van der Waals surface area contributed by atoms with Crippen LogP contribution in [-0.2, 0) is 0 Å². The van der Waals surface area contributed by atoms with Crippen LogP contribution in [0.2, 0.25) is 0 Å². The van der Waals surface area contributed by atoms with Crippen LogP contribution < -0.4 is 21.1 Å². The van der Waals surface area contributed by atoms with Gasteiger partial charge in [0.2, 0.25) is 0 Å². The Morgan fingerprint density at radius 2 is 1.85 bits per heavy atom. The van der Waals surface area contributed by atoms with Crippen LogP contribution in [-0.4, -0.2) is 29.9 Å². The molecule has 136 valence electrons. The number of hydrogen-bond acceptors (Lipinski definition) is 5. The molecule has 0 spiro atoms. The number of carbonyl (C=O) groups is 1. The third-order valence-electron chi connectivity index (χ3n) is 4.07. The molecule has 0 unspecified atom stereocenters. The standard InChI is InChI=1S/C19H23N5O2/c1-14-5-3-4-6-18(14)21-19(26)20-15-7-9-17(10-8-15)24-13-16(11-12-25)22-23(24)2/h3-10,13,22,25H,11-12H2,1-2H3,(H2,20,21,26). The van der Waals surface area contributed by atoms with Crippen molar-refractivity contribution < 1.29 is 9.90 Å². The lowest BCUT2D eigenvalue weighted by Gasteiger charge is -2.24. The van der Waals surface area contributed by atoms with Crippen LogP contribution in [0.4, 0.5) is 21.9 Å². The minimum absolute atomic E-state index is 0.0966.